The van der Waals surface area contributed by atoms with Crippen molar-refractivity contribution >= 4 is 5.78 Å². The number of pyridine rings is 1. The van der Waals surface area contributed by atoms with Crippen LogP contribution in [0.1, 0.15) is 17.4 Å². The lowest BCUT2D eigenvalue weighted by molar-refractivity contribution is 0.101. The van der Waals surface area contributed by atoms with Crippen LogP contribution in [0, 0.1) is 5.82 Å². The standard InChI is InChI=1S/C13H10FNO/c1-9(16)13-6-5-11(8-15-13)10-3-2-4-12(14)7-10/h2-8H,1H3. The van der Waals surface area contributed by atoms with Gasteiger partial charge in [0.25, 0.3) is 0 Å². The molecule has 0 atom stereocenters. The molecule has 0 saturated carbocycles. The molecule has 0 amide bonds. The Hall–Kier alpha value is -2.03. The lowest BCUT2D eigenvalue weighted by atomic mass is 10.1. The fourth-order valence-corrected chi connectivity index (χ4v) is 1.44. The first-order valence-corrected chi connectivity index (χ1v) is 4.90. The molecule has 2 aromatic rings. The highest BCUT2D eigenvalue weighted by Crippen LogP contribution is 2.19. The molecule has 0 saturated heterocycles. The Morgan fingerprint density at radius 2 is 2.00 bits per heavy atom. The van der Waals surface area contributed by atoms with Crippen molar-refractivity contribution in [3.63, 3.8) is 0 Å². The quantitative estimate of drug-likeness (QED) is 0.720. The third-order valence-electron chi connectivity index (χ3n) is 2.28. The third kappa shape index (κ3) is 2.14. The van der Waals surface area contributed by atoms with Crippen molar-refractivity contribution in [3.8, 4) is 11.1 Å². The summed E-state index contributed by atoms with van der Waals surface area (Å²) in [7, 11) is 0. The summed E-state index contributed by atoms with van der Waals surface area (Å²) in [6.07, 6.45) is 1.57. The molecule has 0 bridgehead atoms. The molecule has 0 unspecified atom stereocenters. The Morgan fingerprint density at radius 1 is 1.19 bits per heavy atom. The average Bonchev–Trinajstić information content (AvgIpc) is 2.29. The predicted octanol–water partition coefficient (Wildman–Crippen LogP) is 3.09. The lowest BCUT2D eigenvalue weighted by Gasteiger charge is -2.01. The third-order valence-corrected chi connectivity index (χ3v) is 2.28. The number of rotatable bonds is 2. The molecule has 0 N–H and O–H groups in total. The number of Topliss-reactive ketones (excluding diaryl/α,β-unsaturated/α-hetero) is 1. The van der Waals surface area contributed by atoms with Crippen LogP contribution in [0.15, 0.2) is 42.6 Å². The van der Waals surface area contributed by atoms with Gasteiger partial charge in [-0.2, -0.15) is 0 Å². The summed E-state index contributed by atoms with van der Waals surface area (Å²) in [5.74, 6) is -0.362. The van der Waals surface area contributed by atoms with Crippen LogP contribution in [0.3, 0.4) is 0 Å². The number of carbonyl (C=O) groups is 1. The monoisotopic (exact) mass is 215 g/mol. The second-order valence-corrected chi connectivity index (χ2v) is 3.50. The minimum atomic E-state index is -0.284. The SMILES string of the molecule is CC(=O)c1ccc(-c2cccc(F)c2)cn1. The summed E-state index contributed by atoms with van der Waals surface area (Å²) in [4.78, 5) is 15.0. The van der Waals surface area contributed by atoms with E-state index in [2.05, 4.69) is 4.98 Å². The largest absolute Gasteiger partial charge is 0.293 e. The van der Waals surface area contributed by atoms with E-state index in [1.165, 1.54) is 19.1 Å². The first-order valence-electron chi connectivity index (χ1n) is 4.90. The number of aromatic nitrogens is 1. The van der Waals surface area contributed by atoms with Crippen LogP contribution >= 0.6 is 0 Å². The van der Waals surface area contributed by atoms with Gasteiger partial charge in [0.15, 0.2) is 5.78 Å². The maximum absolute atomic E-state index is 13.0. The molecule has 1 aromatic carbocycles. The van der Waals surface area contributed by atoms with Crippen molar-refractivity contribution in [1.29, 1.82) is 0 Å². The van der Waals surface area contributed by atoms with Gasteiger partial charge in [-0.15, -0.1) is 0 Å². The first-order chi connectivity index (χ1) is 7.66. The van der Waals surface area contributed by atoms with Crippen molar-refractivity contribution in [2.45, 2.75) is 6.92 Å². The smallest absolute Gasteiger partial charge is 0.178 e. The van der Waals surface area contributed by atoms with E-state index in [4.69, 9.17) is 0 Å². The molecule has 2 rings (SSSR count). The minimum Gasteiger partial charge on any atom is -0.293 e. The van der Waals surface area contributed by atoms with Crippen molar-refractivity contribution < 1.29 is 9.18 Å². The van der Waals surface area contributed by atoms with E-state index in [1.807, 2.05) is 0 Å². The minimum absolute atomic E-state index is 0.0780. The van der Waals surface area contributed by atoms with Gasteiger partial charge in [-0.05, 0) is 23.8 Å². The zero-order valence-electron chi connectivity index (χ0n) is 8.77. The molecule has 80 valence electrons. The number of halogens is 1. The Bertz CT molecular complexity index is 520. The lowest BCUT2D eigenvalue weighted by Crippen LogP contribution is -1.95. The van der Waals surface area contributed by atoms with Crippen molar-refractivity contribution in [2.24, 2.45) is 0 Å². The van der Waals surface area contributed by atoms with E-state index < -0.39 is 0 Å². The van der Waals surface area contributed by atoms with E-state index in [0.717, 1.165) is 11.1 Å². The van der Waals surface area contributed by atoms with Crippen molar-refractivity contribution in [2.75, 3.05) is 0 Å². The Kier molecular flexibility index (Phi) is 2.77. The van der Waals surface area contributed by atoms with Crippen LogP contribution in [-0.4, -0.2) is 10.8 Å². The predicted molar refractivity (Wildman–Crippen MR) is 59.6 cm³/mol. The molecule has 0 fully saturated rings. The van der Waals surface area contributed by atoms with Gasteiger partial charge in [0, 0.05) is 18.7 Å². The van der Waals surface area contributed by atoms with Gasteiger partial charge >= 0.3 is 0 Å². The number of hydrogen-bond acceptors (Lipinski definition) is 2. The molecular formula is C13H10FNO. The molecule has 2 nitrogen and oxygen atoms in total. The van der Waals surface area contributed by atoms with E-state index in [0.29, 0.717) is 5.69 Å². The van der Waals surface area contributed by atoms with Crippen LogP contribution in [0.25, 0.3) is 11.1 Å². The summed E-state index contributed by atoms with van der Waals surface area (Å²) in [5.41, 5.74) is 1.97. The van der Waals surface area contributed by atoms with Gasteiger partial charge in [0.05, 0.1) is 0 Å². The summed E-state index contributed by atoms with van der Waals surface area (Å²) in [5, 5.41) is 0. The number of benzene rings is 1. The summed E-state index contributed by atoms with van der Waals surface area (Å²) in [6, 6.07) is 9.67. The van der Waals surface area contributed by atoms with Gasteiger partial charge in [-0.3, -0.25) is 9.78 Å². The van der Waals surface area contributed by atoms with Gasteiger partial charge in [-0.1, -0.05) is 18.2 Å². The van der Waals surface area contributed by atoms with Crippen LogP contribution in [0.4, 0.5) is 4.39 Å². The first kappa shape index (κ1) is 10.5. The van der Waals surface area contributed by atoms with E-state index in [9.17, 15) is 9.18 Å². The molecule has 0 aliphatic rings. The topological polar surface area (TPSA) is 30.0 Å². The fraction of sp³-hybridized carbons (Fsp3) is 0.0769. The number of nitrogens with zero attached hydrogens (tertiary/aromatic N) is 1. The molecule has 3 heteroatoms. The second kappa shape index (κ2) is 4.23. The summed E-state index contributed by atoms with van der Waals surface area (Å²) >= 11 is 0. The van der Waals surface area contributed by atoms with Gasteiger partial charge in [0.1, 0.15) is 11.5 Å². The van der Waals surface area contributed by atoms with Gasteiger partial charge in [0.2, 0.25) is 0 Å². The van der Waals surface area contributed by atoms with E-state index in [-0.39, 0.29) is 11.6 Å². The number of carbonyl (C=O) groups excluding carboxylic acids is 1. The van der Waals surface area contributed by atoms with Gasteiger partial charge < -0.3 is 0 Å². The highest BCUT2D eigenvalue weighted by atomic mass is 19.1. The zero-order chi connectivity index (χ0) is 11.5. The van der Waals surface area contributed by atoms with Gasteiger partial charge in [-0.25, -0.2) is 4.39 Å². The number of ketones is 1. The molecule has 0 spiro atoms. The summed E-state index contributed by atoms with van der Waals surface area (Å²) < 4.78 is 13.0. The molecule has 1 heterocycles. The Labute approximate surface area is 92.8 Å². The number of hydrogen-bond donors (Lipinski definition) is 0. The van der Waals surface area contributed by atoms with Crippen molar-refractivity contribution in [3.05, 3.63) is 54.1 Å². The van der Waals surface area contributed by atoms with Crippen LogP contribution < -0.4 is 0 Å². The zero-order valence-corrected chi connectivity index (χ0v) is 8.77. The fourth-order valence-electron chi connectivity index (χ4n) is 1.44. The van der Waals surface area contributed by atoms with Crippen LogP contribution in [0.2, 0.25) is 0 Å². The molecule has 0 aliphatic heterocycles. The van der Waals surface area contributed by atoms with Crippen LogP contribution in [0.5, 0.6) is 0 Å². The van der Waals surface area contributed by atoms with E-state index in [1.54, 1.807) is 30.5 Å². The highest BCUT2D eigenvalue weighted by Gasteiger charge is 2.02. The average molecular weight is 215 g/mol. The highest BCUT2D eigenvalue weighted by molar-refractivity contribution is 5.92. The second-order valence-electron chi connectivity index (χ2n) is 3.50. The molecular weight excluding hydrogens is 205 g/mol. The Morgan fingerprint density at radius 3 is 2.56 bits per heavy atom. The molecule has 0 radical (unpaired) electrons. The summed E-state index contributed by atoms with van der Waals surface area (Å²) in [6.45, 7) is 1.46. The molecule has 1 aromatic heterocycles. The maximum Gasteiger partial charge on any atom is 0.178 e. The molecule has 0 aliphatic carbocycles. The van der Waals surface area contributed by atoms with E-state index >= 15 is 0 Å². The van der Waals surface area contributed by atoms with Crippen LogP contribution in [-0.2, 0) is 0 Å². The Balaban J connectivity index is 2.38. The molecule has 16 heavy (non-hydrogen) atoms. The normalized spacial score (nSPS) is 10.1. The van der Waals surface area contributed by atoms with Crippen molar-refractivity contribution in [1.82, 2.24) is 4.98 Å². The maximum atomic E-state index is 13.0.